The minimum Gasteiger partial charge on any atom is -0.497 e. The third-order valence-corrected chi connectivity index (χ3v) is 8.64. The lowest BCUT2D eigenvalue weighted by molar-refractivity contribution is 0.0654. The van der Waals surface area contributed by atoms with E-state index in [1.54, 1.807) is 25.3 Å². The van der Waals surface area contributed by atoms with Gasteiger partial charge in [0.25, 0.3) is 5.91 Å². The molecule has 1 heterocycles. The summed E-state index contributed by atoms with van der Waals surface area (Å²) in [6.45, 7) is 4.87. The Morgan fingerprint density at radius 3 is 2.36 bits per heavy atom. The summed E-state index contributed by atoms with van der Waals surface area (Å²) < 4.78 is 33.2. The molecule has 1 atom stereocenters. The van der Waals surface area contributed by atoms with Gasteiger partial charge in [0.1, 0.15) is 5.75 Å². The van der Waals surface area contributed by atoms with Gasteiger partial charge >= 0.3 is 0 Å². The Morgan fingerprint density at radius 1 is 1.09 bits per heavy atom. The van der Waals surface area contributed by atoms with Crippen LogP contribution >= 0.6 is 0 Å². The number of hydrogen-bond donors (Lipinski definition) is 0. The van der Waals surface area contributed by atoms with Crippen molar-refractivity contribution in [2.75, 3.05) is 40.3 Å². The first kappa shape index (κ1) is 23.7. The molecule has 1 unspecified atom stereocenters. The second kappa shape index (κ2) is 9.83. The molecular weight excluding hydrogens is 438 g/mol. The van der Waals surface area contributed by atoms with Gasteiger partial charge in [-0.3, -0.25) is 4.79 Å². The van der Waals surface area contributed by atoms with E-state index in [-0.39, 0.29) is 16.8 Å². The number of carbonyl (C=O) groups is 1. The normalized spacial score (nSPS) is 18.6. The molecule has 0 N–H and O–H groups in total. The molecule has 2 aromatic rings. The molecule has 7 nitrogen and oxygen atoms in total. The van der Waals surface area contributed by atoms with Crippen molar-refractivity contribution >= 4 is 15.9 Å². The van der Waals surface area contributed by atoms with Crippen LogP contribution in [0.3, 0.4) is 0 Å². The largest absolute Gasteiger partial charge is 0.497 e. The number of amides is 1. The third-order valence-electron chi connectivity index (χ3n) is 6.75. The lowest BCUT2D eigenvalue weighted by atomic mass is 10.1. The van der Waals surface area contributed by atoms with E-state index >= 15 is 0 Å². The molecule has 178 valence electrons. The SMILES string of the molecule is COc1ccc(CN(C(=O)c2cccc(S(=O)(=O)N3CCN(C)CC3)c2)C(C)C2CC2)cc1. The van der Waals surface area contributed by atoms with Gasteiger partial charge < -0.3 is 14.5 Å². The maximum absolute atomic E-state index is 13.6. The summed E-state index contributed by atoms with van der Waals surface area (Å²) >= 11 is 0. The molecule has 8 heteroatoms. The predicted octanol–water partition coefficient (Wildman–Crippen LogP) is 3.07. The van der Waals surface area contributed by atoms with Gasteiger partial charge in [-0.15, -0.1) is 0 Å². The molecule has 1 saturated heterocycles. The molecule has 0 aromatic heterocycles. The van der Waals surface area contributed by atoms with Crippen LogP contribution < -0.4 is 4.74 Å². The zero-order valence-corrected chi connectivity index (χ0v) is 20.4. The van der Waals surface area contributed by atoms with Crippen LogP contribution in [0.4, 0.5) is 0 Å². The van der Waals surface area contributed by atoms with Gasteiger partial charge in [-0.05, 0) is 68.6 Å². The molecule has 4 rings (SSSR count). The zero-order chi connectivity index (χ0) is 23.6. The number of nitrogens with zero attached hydrogens (tertiary/aromatic N) is 3. The van der Waals surface area contributed by atoms with E-state index in [2.05, 4.69) is 11.8 Å². The highest BCUT2D eigenvalue weighted by molar-refractivity contribution is 7.89. The number of likely N-dealkylation sites (N-methyl/N-ethyl adjacent to an activating group) is 1. The Kier molecular flexibility index (Phi) is 7.07. The molecule has 0 bridgehead atoms. The highest BCUT2D eigenvalue weighted by Crippen LogP contribution is 2.36. The van der Waals surface area contributed by atoms with Gasteiger partial charge in [-0.2, -0.15) is 4.31 Å². The lowest BCUT2D eigenvalue weighted by Crippen LogP contribution is -2.47. The van der Waals surface area contributed by atoms with Crippen LogP contribution in [0.15, 0.2) is 53.4 Å². The molecule has 2 aliphatic rings. The van der Waals surface area contributed by atoms with Gasteiger partial charge in [0.2, 0.25) is 10.0 Å². The van der Waals surface area contributed by atoms with Crippen molar-refractivity contribution in [1.29, 1.82) is 0 Å². The minimum absolute atomic E-state index is 0.0810. The molecule has 1 amide bonds. The summed E-state index contributed by atoms with van der Waals surface area (Å²) in [6, 6.07) is 14.3. The second-order valence-corrected chi connectivity index (χ2v) is 11.0. The van der Waals surface area contributed by atoms with Gasteiger partial charge in [-0.1, -0.05) is 18.2 Å². The molecule has 2 fully saturated rings. The first-order chi connectivity index (χ1) is 15.8. The van der Waals surface area contributed by atoms with Crippen molar-refractivity contribution in [1.82, 2.24) is 14.1 Å². The van der Waals surface area contributed by atoms with Crippen LogP contribution in [-0.4, -0.2) is 74.8 Å². The molecule has 0 radical (unpaired) electrons. The fourth-order valence-electron chi connectivity index (χ4n) is 4.29. The number of methoxy groups -OCH3 is 1. The Balaban J connectivity index is 1.58. The smallest absolute Gasteiger partial charge is 0.254 e. The minimum atomic E-state index is -3.64. The quantitative estimate of drug-likeness (QED) is 0.592. The van der Waals surface area contributed by atoms with Crippen LogP contribution in [0, 0.1) is 5.92 Å². The maximum atomic E-state index is 13.6. The van der Waals surface area contributed by atoms with E-state index in [1.807, 2.05) is 36.2 Å². The zero-order valence-electron chi connectivity index (χ0n) is 19.6. The molecule has 1 aliphatic carbocycles. The maximum Gasteiger partial charge on any atom is 0.254 e. The average molecular weight is 472 g/mol. The van der Waals surface area contributed by atoms with Gasteiger partial charge in [-0.25, -0.2) is 8.42 Å². The fourth-order valence-corrected chi connectivity index (χ4v) is 5.76. The lowest BCUT2D eigenvalue weighted by Gasteiger charge is -2.32. The number of piperazine rings is 1. The van der Waals surface area contributed by atoms with Crippen LogP contribution in [0.5, 0.6) is 5.75 Å². The van der Waals surface area contributed by atoms with Crippen LogP contribution in [-0.2, 0) is 16.6 Å². The van der Waals surface area contributed by atoms with Crippen molar-refractivity contribution in [3.63, 3.8) is 0 Å². The first-order valence-electron chi connectivity index (χ1n) is 11.5. The van der Waals surface area contributed by atoms with Crippen molar-refractivity contribution in [3.8, 4) is 5.75 Å². The van der Waals surface area contributed by atoms with E-state index in [0.29, 0.717) is 44.2 Å². The predicted molar refractivity (Wildman–Crippen MR) is 128 cm³/mol. The fraction of sp³-hybridized carbons (Fsp3) is 0.480. The molecule has 1 aliphatic heterocycles. The van der Waals surface area contributed by atoms with E-state index < -0.39 is 10.0 Å². The number of ether oxygens (including phenoxy) is 1. The Hall–Kier alpha value is -2.42. The summed E-state index contributed by atoms with van der Waals surface area (Å²) in [5.74, 6) is 1.12. The summed E-state index contributed by atoms with van der Waals surface area (Å²) in [5.41, 5.74) is 1.42. The van der Waals surface area contributed by atoms with E-state index in [1.165, 1.54) is 10.4 Å². The molecule has 0 spiro atoms. The number of rotatable bonds is 8. The van der Waals surface area contributed by atoms with Crippen LogP contribution in [0.1, 0.15) is 35.7 Å². The number of hydrogen-bond acceptors (Lipinski definition) is 5. The van der Waals surface area contributed by atoms with Crippen molar-refractivity contribution in [3.05, 3.63) is 59.7 Å². The van der Waals surface area contributed by atoms with E-state index in [9.17, 15) is 13.2 Å². The standard InChI is InChI=1S/C25H33N3O4S/c1-19(21-9-10-21)28(18-20-7-11-23(32-3)12-8-20)25(29)22-5-4-6-24(17-22)33(30,31)27-15-13-26(2)14-16-27/h4-8,11-12,17,19,21H,9-10,13-16,18H2,1-3H3. The summed E-state index contributed by atoms with van der Waals surface area (Å²) in [4.78, 5) is 17.8. The van der Waals surface area contributed by atoms with Gasteiger partial charge in [0, 0.05) is 44.3 Å². The molecule has 33 heavy (non-hydrogen) atoms. The van der Waals surface area contributed by atoms with Crippen LogP contribution in [0.2, 0.25) is 0 Å². The van der Waals surface area contributed by atoms with Gasteiger partial charge in [0.15, 0.2) is 0 Å². The van der Waals surface area contributed by atoms with Crippen molar-refractivity contribution in [2.24, 2.45) is 5.92 Å². The highest BCUT2D eigenvalue weighted by atomic mass is 32.2. The molecule has 2 aromatic carbocycles. The van der Waals surface area contributed by atoms with Crippen LogP contribution in [0.25, 0.3) is 0 Å². The molecular formula is C25H33N3O4S. The Bertz CT molecular complexity index is 1080. The monoisotopic (exact) mass is 471 g/mol. The second-order valence-electron chi connectivity index (χ2n) is 9.09. The highest BCUT2D eigenvalue weighted by Gasteiger charge is 2.35. The Morgan fingerprint density at radius 2 is 1.76 bits per heavy atom. The van der Waals surface area contributed by atoms with E-state index in [4.69, 9.17) is 4.74 Å². The topological polar surface area (TPSA) is 70.2 Å². The summed E-state index contributed by atoms with van der Waals surface area (Å²) in [5, 5.41) is 0. The van der Waals surface area contributed by atoms with Crippen molar-refractivity contribution < 1.29 is 17.9 Å². The van der Waals surface area contributed by atoms with Crippen molar-refractivity contribution in [2.45, 2.75) is 37.2 Å². The van der Waals surface area contributed by atoms with Gasteiger partial charge in [0.05, 0.1) is 12.0 Å². The number of sulfonamides is 1. The summed E-state index contributed by atoms with van der Waals surface area (Å²) in [6.07, 6.45) is 2.23. The number of benzene rings is 2. The number of carbonyl (C=O) groups excluding carboxylic acids is 1. The average Bonchev–Trinajstić information content (AvgIpc) is 3.68. The Labute approximate surface area is 197 Å². The van der Waals surface area contributed by atoms with E-state index in [0.717, 1.165) is 24.2 Å². The molecule has 1 saturated carbocycles. The first-order valence-corrected chi connectivity index (χ1v) is 13.0. The summed E-state index contributed by atoms with van der Waals surface area (Å²) in [7, 11) is -0.0200. The third kappa shape index (κ3) is 5.39.